The second-order valence-corrected chi connectivity index (χ2v) is 7.04. The van der Waals surface area contributed by atoms with Crippen LogP contribution in [0.1, 0.15) is 37.1 Å². The van der Waals surface area contributed by atoms with Crippen molar-refractivity contribution < 1.29 is 4.79 Å². The maximum absolute atomic E-state index is 12.1. The van der Waals surface area contributed by atoms with Gasteiger partial charge in [0.2, 0.25) is 5.91 Å². The number of thiophene rings is 1. The lowest BCUT2D eigenvalue weighted by Crippen LogP contribution is -2.31. The summed E-state index contributed by atoms with van der Waals surface area (Å²) in [5.74, 6) is 2.21. The van der Waals surface area contributed by atoms with Crippen molar-refractivity contribution in [2.45, 2.75) is 32.2 Å². The molecule has 0 aromatic carbocycles. The zero-order valence-electron chi connectivity index (χ0n) is 9.78. The van der Waals surface area contributed by atoms with Gasteiger partial charge >= 0.3 is 0 Å². The Morgan fingerprint density at radius 2 is 2.12 bits per heavy atom. The standard InChI is InChI=1S/C13H16ClNOS/c1-7(11-2-3-12(14)17-11)15-13(16)10-5-8-4-9(8)6-10/h2-3,7-10H,4-6H2,1H3,(H,15,16). The van der Waals surface area contributed by atoms with E-state index >= 15 is 0 Å². The van der Waals surface area contributed by atoms with E-state index in [0.29, 0.717) is 0 Å². The molecule has 3 unspecified atom stereocenters. The molecule has 3 rings (SSSR count). The van der Waals surface area contributed by atoms with Crippen LogP contribution >= 0.6 is 22.9 Å². The highest BCUT2D eigenvalue weighted by atomic mass is 35.5. The van der Waals surface area contributed by atoms with Gasteiger partial charge in [-0.2, -0.15) is 0 Å². The third-order valence-electron chi connectivity index (χ3n) is 3.99. The van der Waals surface area contributed by atoms with Gasteiger partial charge in [-0.3, -0.25) is 4.79 Å². The van der Waals surface area contributed by atoms with Crippen molar-refractivity contribution in [3.63, 3.8) is 0 Å². The molecular formula is C13H16ClNOS. The number of fused-ring (bicyclic) bond motifs is 1. The van der Waals surface area contributed by atoms with Gasteiger partial charge < -0.3 is 5.32 Å². The number of carbonyl (C=O) groups excluding carboxylic acids is 1. The summed E-state index contributed by atoms with van der Waals surface area (Å²) >= 11 is 7.44. The van der Waals surface area contributed by atoms with E-state index < -0.39 is 0 Å². The molecule has 0 bridgehead atoms. The van der Waals surface area contributed by atoms with Crippen LogP contribution in [-0.4, -0.2) is 5.91 Å². The van der Waals surface area contributed by atoms with Crippen LogP contribution in [0.5, 0.6) is 0 Å². The van der Waals surface area contributed by atoms with E-state index in [1.165, 1.54) is 6.42 Å². The average molecular weight is 270 g/mol. The number of hydrogen-bond acceptors (Lipinski definition) is 2. The summed E-state index contributed by atoms with van der Waals surface area (Å²) in [6.45, 7) is 2.02. The van der Waals surface area contributed by atoms with E-state index in [1.54, 1.807) is 11.3 Å². The van der Waals surface area contributed by atoms with Crippen molar-refractivity contribution in [1.29, 1.82) is 0 Å². The maximum atomic E-state index is 12.1. The fourth-order valence-corrected chi connectivity index (χ4v) is 3.96. The molecule has 1 aromatic heterocycles. The molecule has 1 N–H and O–H groups in total. The minimum absolute atomic E-state index is 0.0805. The minimum Gasteiger partial charge on any atom is -0.349 e. The third kappa shape index (κ3) is 2.36. The number of carbonyl (C=O) groups is 1. The lowest BCUT2D eigenvalue weighted by Gasteiger charge is -2.16. The number of amides is 1. The summed E-state index contributed by atoms with van der Waals surface area (Å²) in [7, 11) is 0. The minimum atomic E-state index is 0.0805. The van der Waals surface area contributed by atoms with Crippen molar-refractivity contribution >= 4 is 28.8 Å². The van der Waals surface area contributed by atoms with Crippen LogP contribution in [0.25, 0.3) is 0 Å². The molecule has 92 valence electrons. The maximum Gasteiger partial charge on any atom is 0.223 e. The summed E-state index contributed by atoms with van der Waals surface area (Å²) in [5, 5.41) is 3.11. The topological polar surface area (TPSA) is 29.1 Å². The lowest BCUT2D eigenvalue weighted by atomic mass is 10.0. The zero-order valence-corrected chi connectivity index (χ0v) is 11.4. The van der Waals surface area contributed by atoms with E-state index in [1.807, 2.05) is 19.1 Å². The van der Waals surface area contributed by atoms with E-state index in [-0.39, 0.29) is 17.9 Å². The Morgan fingerprint density at radius 3 is 2.71 bits per heavy atom. The first kappa shape index (κ1) is 11.5. The second-order valence-electron chi connectivity index (χ2n) is 5.30. The Labute approximate surface area is 110 Å². The highest BCUT2D eigenvalue weighted by Crippen LogP contribution is 2.54. The van der Waals surface area contributed by atoms with Crippen molar-refractivity contribution in [2.75, 3.05) is 0 Å². The smallest absolute Gasteiger partial charge is 0.223 e. The van der Waals surface area contributed by atoms with Crippen LogP contribution < -0.4 is 5.32 Å². The number of hydrogen-bond donors (Lipinski definition) is 1. The van der Waals surface area contributed by atoms with Gasteiger partial charge in [0.1, 0.15) is 0 Å². The molecule has 1 heterocycles. The molecule has 1 aromatic rings. The van der Waals surface area contributed by atoms with Crippen LogP contribution in [0.4, 0.5) is 0 Å². The van der Waals surface area contributed by atoms with Crippen LogP contribution in [-0.2, 0) is 4.79 Å². The zero-order chi connectivity index (χ0) is 12.0. The third-order valence-corrected chi connectivity index (χ3v) is 5.41. The summed E-state index contributed by atoms with van der Waals surface area (Å²) in [5.41, 5.74) is 0. The molecule has 1 amide bonds. The molecule has 0 radical (unpaired) electrons. The van der Waals surface area contributed by atoms with Gasteiger partial charge in [-0.15, -0.1) is 11.3 Å². The molecule has 2 aliphatic carbocycles. The number of nitrogens with one attached hydrogen (secondary N) is 1. The molecule has 0 spiro atoms. The van der Waals surface area contributed by atoms with Crippen LogP contribution in [0.3, 0.4) is 0 Å². The normalized spacial score (nSPS) is 32.0. The first-order valence-corrected chi connectivity index (χ1v) is 7.38. The van der Waals surface area contributed by atoms with Crippen LogP contribution in [0.2, 0.25) is 4.34 Å². The molecule has 2 nitrogen and oxygen atoms in total. The molecular weight excluding hydrogens is 254 g/mol. The summed E-state index contributed by atoms with van der Waals surface area (Å²) < 4.78 is 0.781. The van der Waals surface area contributed by atoms with Crippen molar-refractivity contribution in [3.05, 3.63) is 21.3 Å². The van der Waals surface area contributed by atoms with Gasteiger partial charge in [0.15, 0.2) is 0 Å². The van der Waals surface area contributed by atoms with Gasteiger partial charge in [-0.1, -0.05) is 11.6 Å². The molecule has 3 atom stereocenters. The Hall–Kier alpha value is -0.540. The van der Waals surface area contributed by atoms with Gasteiger partial charge in [-0.25, -0.2) is 0 Å². The van der Waals surface area contributed by atoms with Gasteiger partial charge in [-0.05, 0) is 50.2 Å². The Morgan fingerprint density at radius 1 is 1.41 bits per heavy atom. The summed E-state index contributed by atoms with van der Waals surface area (Å²) in [6.07, 6.45) is 3.57. The second kappa shape index (κ2) is 4.29. The van der Waals surface area contributed by atoms with E-state index in [2.05, 4.69) is 5.32 Å². The number of rotatable bonds is 3. The molecule has 2 saturated carbocycles. The predicted octanol–water partition coefficient (Wildman–Crippen LogP) is 3.62. The van der Waals surface area contributed by atoms with Crippen LogP contribution in [0, 0.1) is 17.8 Å². The summed E-state index contributed by atoms with van der Waals surface area (Å²) in [6, 6.07) is 3.95. The Kier molecular flexibility index (Phi) is 2.91. The Balaban J connectivity index is 1.57. The molecule has 17 heavy (non-hydrogen) atoms. The van der Waals surface area contributed by atoms with E-state index in [0.717, 1.165) is 33.9 Å². The van der Waals surface area contributed by atoms with Crippen molar-refractivity contribution in [3.8, 4) is 0 Å². The molecule has 0 aliphatic heterocycles. The highest BCUT2D eigenvalue weighted by Gasteiger charge is 2.48. The first-order chi connectivity index (χ1) is 8.13. The SMILES string of the molecule is CC(NC(=O)C1CC2CC2C1)c1ccc(Cl)s1. The van der Waals surface area contributed by atoms with E-state index in [4.69, 9.17) is 11.6 Å². The van der Waals surface area contributed by atoms with Crippen molar-refractivity contribution in [1.82, 2.24) is 5.32 Å². The fraction of sp³-hybridized carbons (Fsp3) is 0.615. The quantitative estimate of drug-likeness (QED) is 0.892. The number of halogens is 1. The first-order valence-electron chi connectivity index (χ1n) is 6.19. The fourth-order valence-electron chi connectivity index (χ4n) is 2.89. The monoisotopic (exact) mass is 269 g/mol. The molecule has 4 heteroatoms. The average Bonchev–Trinajstić information content (AvgIpc) is 2.74. The molecule has 0 saturated heterocycles. The highest BCUT2D eigenvalue weighted by molar-refractivity contribution is 7.16. The van der Waals surface area contributed by atoms with Gasteiger partial charge in [0, 0.05) is 10.8 Å². The van der Waals surface area contributed by atoms with Crippen LogP contribution in [0.15, 0.2) is 12.1 Å². The summed E-state index contributed by atoms with van der Waals surface area (Å²) in [4.78, 5) is 13.2. The van der Waals surface area contributed by atoms with Gasteiger partial charge in [0.25, 0.3) is 0 Å². The predicted molar refractivity (Wildman–Crippen MR) is 70.2 cm³/mol. The molecule has 2 fully saturated rings. The lowest BCUT2D eigenvalue weighted by molar-refractivity contribution is -0.125. The Bertz CT molecular complexity index is 434. The van der Waals surface area contributed by atoms with E-state index in [9.17, 15) is 4.79 Å². The van der Waals surface area contributed by atoms with Crippen molar-refractivity contribution in [2.24, 2.45) is 17.8 Å². The largest absolute Gasteiger partial charge is 0.349 e. The van der Waals surface area contributed by atoms with Gasteiger partial charge in [0.05, 0.1) is 10.4 Å². The molecule has 2 aliphatic rings.